The molecule has 0 radical (unpaired) electrons. The Kier molecular flexibility index (Phi) is 8.07. The predicted octanol–water partition coefficient (Wildman–Crippen LogP) is 5.36. The van der Waals surface area contributed by atoms with Crippen molar-refractivity contribution in [3.8, 4) is 5.75 Å². The third-order valence-corrected chi connectivity index (χ3v) is 6.17. The predicted molar refractivity (Wildman–Crippen MR) is 119 cm³/mol. The Morgan fingerprint density at radius 2 is 1.86 bits per heavy atom. The third-order valence-electron chi connectivity index (χ3n) is 5.18. The molecule has 2 aromatic rings. The monoisotopic (exact) mass is 454 g/mol. The fraction of sp³-hybridized carbons (Fsp3) is 0.409. The zero-order valence-corrected chi connectivity index (χ0v) is 18.7. The van der Waals surface area contributed by atoms with E-state index in [4.69, 9.17) is 39.5 Å². The van der Waals surface area contributed by atoms with Crippen LogP contribution in [0.15, 0.2) is 36.4 Å². The smallest absolute Gasteiger partial charge is 0.223 e. The van der Waals surface area contributed by atoms with Gasteiger partial charge in [0.15, 0.2) is 0 Å². The second kappa shape index (κ2) is 10.5. The van der Waals surface area contributed by atoms with E-state index in [1.165, 1.54) is 0 Å². The number of piperidine rings is 1. The van der Waals surface area contributed by atoms with Crippen LogP contribution in [0.4, 0.5) is 0 Å². The lowest BCUT2D eigenvalue weighted by molar-refractivity contribution is -0.126. The van der Waals surface area contributed by atoms with Gasteiger partial charge < -0.3 is 10.1 Å². The molecule has 0 spiro atoms. The minimum absolute atomic E-state index is 0.0424. The summed E-state index contributed by atoms with van der Waals surface area (Å²) in [6, 6.07) is 11.2. The first kappa shape index (κ1) is 22.2. The van der Waals surface area contributed by atoms with Crippen molar-refractivity contribution in [1.29, 1.82) is 0 Å². The highest BCUT2D eigenvalue weighted by atomic mass is 35.5. The van der Waals surface area contributed by atoms with Gasteiger partial charge in [0.25, 0.3) is 0 Å². The highest BCUT2D eigenvalue weighted by molar-refractivity contribution is 6.35. The summed E-state index contributed by atoms with van der Waals surface area (Å²) in [6.45, 7) is 5.35. The highest BCUT2D eigenvalue weighted by Crippen LogP contribution is 2.25. The summed E-state index contributed by atoms with van der Waals surface area (Å²) in [7, 11) is 0. The van der Waals surface area contributed by atoms with Gasteiger partial charge in [0.1, 0.15) is 12.4 Å². The van der Waals surface area contributed by atoms with Gasteiger partial charge in [0, 0.05) is 27.5 Å². The van der Waals surface area contributed by atoms with Gasteiger partial charge in [0.2, 0.25) is 5.91 Å². The molecule has 0 aliphatic carbocycles. The largest absolute Gasteiger partial charge is 0.492 e. The topological polar surface area (TPSA) is 41.6 Å². The van der Waals surface area contributed by atoms with Gasteiger partial charge in [-0.2, -0.15) is 0 Å². The lowest BCUT2D eigenvalue weighted by atomic mass is 9.95. The van der Waals surface area contributed by atoms with E-state index >= 15 is 0 Å². The van der Waals surface area contributed by atoms with Gasteiger partial charge >= 0.3 is 0 Å². The molecule has 1 heterocycles. The van der Waals surface area contributed by atoms with E-state index < -0.39 is 0 Å². The number of halogens is 3. The van der Waals surface area contributed by atoms with E-state index in [2.05, 4.69) is 10.2 Å². The number of rotatable bonds is 7. The van der Waals surface area contributed by atoms with Crippen molar-refractivity contribution in [3.63, 3.8) is 0 Å². The third kappa shape index (κ3) is 6.51. The van der Waals surface area contributed by atoms with Crippen LogP contribution in [-0.2, 0) is 11.3 Å². The second-order valence-electron chi connectivity index (χ2n) is 7.34. The lowest BCUT2D eigenvalue weighted by Crippen LogP contribution is -2.41. The number of ether oxygens (including phenoxy) is 1. The number of aryl methyl sites for hydroxylation is 1. The van der Waals surface area contributed by atoms with Gasteiger partial charge in [0.05, 0.1) is 6.54 Å². The van der Waals surface area contributed by atoms with Crippen molar-refractivity contribution >= 4 is 40.7 Å². The Bertz CT molecular complexity index is 852. The van der Waals surface area contributed by atoms with E-state index in [-0.39, 0.29) is 11.8 Å². The van der Waals surface area contributed by atoms with Crippen LogP contribution in [0.3, 0.4) is 0 Å². The maximum absolute atomic E-state index is 12.4. The van der Waals surface area contributed by atoms with Crippen molar-refractivity contribution in [2.75, 3.05) is 26.2 Å². The van der Waals surface area contributed by atoms with E-state index in [9.17, 15) is 4.79 Å². The van der Waals surface area contributed by atoms with Gasteiger partial charge in [-0.3, -0.25) is 9.69 Å². The number of benzene rings is 2. The molecule has 1 fully saturated rings. The van der Waals surface area contributed by atoms with Crippen LogP contribution < -0.4 is 10.1 Å². The highest BCUT2D eigenvalue weighted by Gasteiger charge is 2.25. The standard InChI is InChI=1S/C22H25Cl3N2O2/c1-15-2-5-19(13-20(15)24)29-11-8-26-22(28)16-6-9-27(10-7-16)14-17-3-4-18(23)12-21(17)25/h2-5,12-13,16H,6-11,14H2,1H3,(H,26,28). The summed E-state index contributed by atoms with van der Waals surface area (Å²) in [5, 5.41) is 4.99. The van der Waals surface area contributed by atoms with E-state index in [0.29, 0.717) is 34.0 Å². The van der Waals surface area contributed by atoms with Crippen LogP contribution in [0, 0.1) is 12.8 Å². The average molecular weight is 456 g/mol. The number of nitrogens with zero attached hydrogens (tertiary/aromatic N) is 1. The average Bonchev–Trinajstić information content (AvgIpc) is 2.70. The van der Waals surface area contributed by atoms with Crippen LogP contribution in [0.1, 0.15) is 24.0 Å². The summed E-state index contributed by atoms with van der Waals surface area (Å²) < 4.78 is 5.65. The second-order valence-corrected chi connectivity index (χ2v) is 8.59. The maximum Gasteiger partial charge on any atom is 0.223 e. The first-order chi connectivity index (χ1) is 13.9. The van der Waals surface area contributed by atoms with Crippen LogP contribution in [-0.4, -0.2) is 37.0 Å². The van der Waals surface area contributed by atoms with Crippen molar-refractivity contribution in [2.45, 2.75) is 26.3 Å². The summed E-state index contributed by atoms with van der Waals surface area (Å²) in [6.07, 6.45) is 1.68. The molecule has 2 aromatic carbocycles. The van der Waals surface area contributed by atoms with Crippen molar-refractivity contribution < 1.29 is 9.53 Å². The Balaban J connectivity index is 1.36. The molecular formula is C22H25Cl3N2O2. The van der Waals surface area contributed by atoms with Crippen molar-refractivity contribution in [2.24, 2.45) is 5.92 Å². The maximum atomic E-state index is 12.4. The minimum Gasteiger partial charge on any atom is -0.492 e. The van der Waals surface area contributed by atoms with Gasteiger partial charge in [-0.1, -0.05) is 46.9 Å². The Labute approximate surface area is 187 Å². The SMILES string of the molecule is Cc1ccc(OCCNC(=O)C2CCN(Cc3ccc(Cl)cc3Cl)CC2)cc1Cl. The normalized spacial score (nSPS) is 15.3. The number of hydrogen-bond donors (Lipinski definition) is 1. The molecule has 0 unspecified atom stereocenters. The zero-order valence-electron chi connectivity index (χ0n) is 16.4. The van der Waals surface area contributed by atoms with Crippen molar-refractivity contribution in [3.05, 3.63) is 62.6 Å². The fourth-order valence-corrected chi connectivity index (χ4v) is 4.03. The van der Waals surface area contributed by atoms with E-state index in [1.54, 1.807) is 12.1 Å². The zero-order chi connectivity index (χ0) is 20.8. The molecule has 1 aliphatic heterocycles. The molecule has 156 valence electrons. The van der Waals surface area contributed by atoms with E-state index in [1.807, 2.05) is 31.2 Å². The number of carbonyl (C=O) groups excluding carboxylic acids is 1. The molecule has 7 heteroatoms. The van der Waals surface area contributed by atoms with Gasteiger partial charge in [-0.25, -0.2) is 0 Å². The number of likely N-dealkylation sites (tertiary alicyclic amines) is 1. The van der Waals surface area contributed by atoms with Crippen LogP contribution in [0.5, 0.6) is 5.75 Å². The van der Waals surface area contributed by atoms with Crippen LogP contribution >= 0.6 is 34.8 Å². The molecule has 3 rings (SSSR count). The Morgan fingerprint density at radius 3 is 2.55 bits per heavy atom. The molecule has 4 nitrogen and oxygen atoms in total. The lowest BCUT2D eigenvalue weighted by Gasteiger charge is -2.31. The fourth-order valence-electron chi connectivity index (χ4n) is 3.39. The summed E-state index contributed by atoms with van der Waals surface area (Å²) in [5.74, 6) is 0.851. The molecule has 29 heavy (non-hydrogen) atoms. The molecule has 1 saturated heterocycles. The number of amides is 1. The molecule has 1 amide bonds. The summed E-state index contributed by atoms with van der Waals surface area (Å²) >= 11 is 18.3. The number of nitrogens with one attached hydrogen (secondary N) is 1. The van der Waals surface area contributed by atoms with Crippen LogP contribution in [0.2, 0.25) is 15.1 Å². The molecule has 1 N–H and O–H groups in total. The molecule has 0 aromatic heterocycles. The van der Waals surface area contributed by atoms with Crippen molar-refractivity contribution in [1.82, 2.24) is 10.2 Å². The molecule has 0 bridgehead atoms. The van der Waals surface area contributed by atoms with E-state index in [0.717, 1.165) is 43.6 Å². The molecular weight excluding hydrogens is 431 g/mol. The number of hydrogen-bond acceptors (Lipinski definition) is 3. The molecule has 0 atom stereocenters. The number of carbonyl (C=O) groups is 1. The summed E-state index contributed by atoms with van der Waals surface area (Å²) in [5.41, 5.74) is 2.07. The van der Waals surface area contributed by atoms with Crippen LogP contribution in [0.25, 0.3) is 0 Å². The van der Waals surface area contributed by atoms with Gasteiger partial charge in [-0.15, -0.1) is 0 Å². The summed E-state index contributed by atoms with van der Waals surface area (Å²) in [4.78, 5) is 14.7. The quantitative estimate of drug-likeness (QED) is 0.571. The first-order valence-electron chi connectivity index (χ1n) is 9.75. The minimum atomic E-state index is 0.0424. The molecule has 1 aliphatic rings. The van der Waals surface area contributed by atoms with Gasteiger partial charge in [-0.05, 0) is 68.2 Å². The Hall–Kier alpha value is -1.46. The first-order valence-corrected chi connectivity index (χ1v) is 10.9. The Morgan fingerprint density at radius 1 is 1.10 bits per heavy atom. The molecule has 0 saturated carbocycles.